The summed E-state index contributed by atoms with van der Waals surface area (Å²) in [6, 6.07) is 0. The highest BCUT2D eigenvalue weighted by atomic mass is 16.5. The van der Waals surface area contributed by atoms with Crippen LogP contribution in [-0.2, 0) is 9.53 Å². The molecule has 0 aliphatic carbocycles. The van der Waals surface area contributed by atoms with Crippen molar-refractivity contribution in [3.8, 4) is 0 Å². The number of ether oxygens (including phenoxy) is 1. The first-order chi connectivity index (χ1) is 6.77. The van der Waals surface area contributed by atoms with Crippen molar-refractivity contribution in [3.63, 3.8) is 0 Å². The molecule has 1 saturated heterocycles. The van der Waals surface area contributed by atoms with Gasteiger partial charge in [-0.2, -0.15) is 0 Å². The molecular formula is C10H20N2O2. The van der Waals surface area contributed by atoms with E-state index in [9.17, 15) is 4.79 Å². The quantitative estimate of drug-likeness (QED) is 0.646. The van der Waals surface area contributed by atoms with Gasteiger partial charge in [-0.25, -0.2) is 0 Å². The Hall–Kier alpha value is -0.610. The van der Waals surface area contributed by atoms with E-state index >= 15 is 0 Å². The van der Waals surface area contributed by atoms with Gasteiger partial charge in [0.25, 0.3) is 0 Å². The lowest BCUT2D eigenvalue weighted by Gasteiger charge is -2.15. The number of nitrogens with zero attached hydrogens (tertiary/aromatic N) is 1. The smallest absolute Gasteiger partial charge is 0.223 e. The van der Waals surface area contributed by atoms with Gasteiger partial charge in [-0.15, -0.1) is 0 Å². The lowest BCUT2D eigenvalue weighted by Crippen LogP contribution is -2.32. The Morgan fingerprint density at radius 2 is 2.43 bits per heavy atom. The third-order valence-corrected chi connectivity index (χ3v) is 2.60. The van der Waals surface area contributed by atoms with Crippen molar-refractivity contribution < 1.29 is 9.53 Å². The summed E-state index contributed by atoms with van der Waals surface area (Å²) in [5, 5.41) is 3.15. The molecule has 1 fully saturated rings. The Balaban J connectivity index is 2.18. The van der Waals surface area contributed by atoms with E-state index in [-0.39, 0.29) is 12.0 Å². The van der Waals surface area contributed by atoms with E-state index in [0.29, 0.717) is 6.42 Å². The Kier molecular flexibility index (Phi) is 4.90. The van der Waals surface area contributed by atoms with Crippen LogP contribution in [0.25, 0.3) is 0 Å². The van der Waals surface area contributed by atoms with Crippen LogP contribution in [0.15, 0.2) is 0 Å². The summed E-state index contributed by atoms with van der Waals surface area (Å²) in [6.45, 7) is 5.36. The maximum atomic E-state index is 11.6. The SMILES string of the molecule is CCNCCC(=O)N1CCC(OC)C1. The molecule has 1 unspecified atom stereocenters. The first kappa shape index (κ1) is 11.5. The minimum absolute atomic E-state index is 0.241. The highest BCUT2D eigenvalue weighted by Gasteiger charge is 2.25. The van der Waals surface area contributed by atoms with E-state index in [1.807, 2.05) is 11.8 Å². The fourth-order valence-electron chi connectivity index (χ4n) is 1.68. The number of carbonyl (C=O) groups is 1. The van der Waals surface area contributed by atoms with Gasteiger partial charge in [0.1, 0.15) is 0 Å². The summed E-state index contributed by atoms with van der Waals surface area (Å²) in [4.78, 5) is 13.5. The number of nitrogens with one attached hydrogen (secondary N) is 1. The third kappa shape index (κ3) is 3.27. The maximum absolute atomic E-state index is 11.6. The molecule has 0 bridgehead atoms. The second-order valence-electron chi connectivity index (χ2n) is 3.59. The zero-order valence-electron chi connectivity index (χ0n) is 9.08. The molecule has 1 amide bonds. The van der Waals surface area contributed by atoms with Gasteiger partial charge in [-0.1, -0.05) is 6.92 Å². The predicted octanol–water partition coefficient (Wildman–Crippen LogP) is 0.233. The number of rotatable bonds is 5. The molecule has 1 heterocycles. The van der Waals surface area contributed by atoms with E-state index in [0.717, 1.165) is 32.6 Å². The molecule has 82 valence electrons. The van der Waals surface area contributed by atoms with Crippen LogP contribution in [0.4, 0.5) is 0 Å². The molecule has 1 rings (SSSR count). The van der Waals surface area contributed by atoms with E-state index in [1.54, 1.807) is 7.11 Å². The van der Waals surface area contributed by atoms with Crippen molar-refractivity contribution in [3.05, 3.63) is 0 Å². The van der Waals surface area contributed by atoms with Crippen LogP contribution in [0, 0.1) is 0 Å². The lowest BCUT2D eigenvalue weighted by atomic mass is 10.3. The zero-order valence-corrected chi connectivity index (χ0v) is 9.08. The van der Waals surface area contributed by atoms with Crippen LogP contribution >= 0.6 is 0 Å². The van der Waals surface area contributed by atoms with Crippen molar-refractivity contribution in [2.24, 2.45) is 0 Å². The second kappa shape index (κ2) is 5.98. The van der Waals surface area contributed by atoms with Crippen molar-refractivity contribution in [2.45, 2.75) is 25.9 Å². The lowest BCUT2D eigenvalue weighted by molar-refractivity contribution is -0.130. The number of methoxy groups -OCH3 is 1. The fraction of sp³-hybridized carbons (Fsp3) is 0.900. The molecular weight excluding hydrogens is 180 g/mol. The summed E-state index contributed by atoms with van der Waals surface area (Å²) >= 11 is 0. The monoisotopic (exact) mass is 200 g/mol. The normalized spacial score (nSPS) is 21.6. The van der Waals surface area contributed by atoms with E-state index < -0.39 is 0 Å². The van der Waals surface area contributed by atoms with Crippen molar-refractivity contribution in [1.29, 1.82) is 0 Å². The maximum Gasteiger partial charge on any atom is 0.223 e. The molecule has 0 aromatic rings. The van der Waals surface area contributed by atoms with Crippen molar-refractivity contribution in [2.75, 3.05) is 33.3 Å². The zero-order chi connectivity index (χ0) is 10.4. The van der Waals surface area contributed by atoms with Crippen LogP contribution in [0.2, 0.25) is 0 Å². The molecule has 4 nitrogen and oxygen atoms in total. The van der Waals surface area contributed by atoms with Gasteiger partial charge >= 0.3 is 0 Å². The number of likely N-dealkylation sites (tertiary alicyclic amines) is 1. The molecule has 1 aliphatic rings. The molecule has 0 aromatic heterocycles. The van der Waals surface area contributed by atoms with Crippen molar-refractivity contribution in [1.82, 2.24) is 10.2 Å². The van der Waals surface area contributed by atoms with Gasteiger partial charge in [0.2, 0.25) is 5.91 Å². The van der Waals surface area contributed by atoms with Crippen LogP contribution < -0.4 is 5.32 Å². The van der Waals surface area contributed by atoms with E-state index in [2.05, 4.69) is 5.32 Å². The Bertz CT molecular complexity index is 185. The average Bonchev–Trinajstić information content (AvgIpc) is 2.66. The first-order valence-electron chi connectivity index (χ1n) is 5.29. The summed E-state index contributed by atoms with van der Waals surface area (Å²) in [6.07, 6.45) is 1.83. The minimum atomic E-state index is 0.241. The fourth-order valence-corrected chi connectivity index (χ4v) is 1.68. The third-order valence-electron chi connectivity index (χ3n) is 2.60. The van der Waals surface area contributed by atoms with Gasteiger partial charge in [0.15, 0.2) is 0 Å². The summed E-state index contributed by atoms with van der Waals surface area (Å²) in [5.41, 5.74) is 0. The number of hydrogen-bond acceptors (Lipinski definition) is 3. The number of amides is 1. The highest BCUT2D eigenvalue weighted by Crippen LogP contribution is 2.12. The predicted molar refractivity (Wildman–Crippen MR) is 55.2 cm³/mol. The Labute approximate surface area is 85.6 Å². The van der Waals surface area contributed by atoms with Crippen molar-refractivity contribution >= 4 is 5.91 Å². The molecule has 1 aliphatic heterocycles. The molecule has 4 heteroatoms. The molecule has 0 radical (unpaired) electrons. The number of carbonyl (C=O) groups excluding carboxylic acids is 1. The molecule has 14 heavy (non-hydrogen) atoms. The van der Waals surface area contributed by atoms with Crippen LogP contribution in [0.3, 0.4) is 0 Å². The van der Waals surface area contributed by atoms with Crippen LogP contribution in [0.1, 0.15) is 19.8 Å². The average molecular weight is 200 g/mol. The van der Waals surface area contributed by atoms with Gasteiger partial charge in [0, 0.05) is 33.2 Å². The van der Waals surface area contributed by atoms with E-state index in [4.69, 9.17) is 4.74 Å². The second-order valence-corrected chi connectivity index (χ2v) is 3.59. The Morgan fingerprint density at radius 3 is 3.00 bits per heavy atom. The molecule has 0 saturated carbocycles. The van der Waals surface area contributed by atoms with Crippen LogP contribution in [-0.4, -0.2) is 50.2 Å². The largest absolute Gasteiger partial charge is 0.380 e. The van der Waals surface area contributed by atoms with Crippen LogP contribution in [0.5, 0.6) is 0 Å². The molecule has 1 N–H and O–H groups in total. The molecule has 1 atom stereocenters. The Morgan fingerprint density at radius 1 is 1.64 bits per heavy atom. The van der Waals surface area contributed by atoms with E-state index in [1.165, 1.54) is 0 Å². The summed E-state index contributed by atoms with van der Waals surface area (Å²) in [5.74, 6) is 0.241. The van der Waals surface area contributed by atoms with Gasteiger partial charge < -0.3 is 15.0 Å². The number of hydrogen-bond donors (Lipinski definition) is 1. The first-order valence-corrected chi connectivity index (χ1v) is 5.29. The topological polar surface area (TPSA) is 41.6 Å². The highest BCUT2D eigenvalue weighted by molar-refractivity contribution is 5.76. The summed E-state index contributed by atoms with van der Waals surface area (Å²) in [7, 11) is 1.71. The molecule has 0 aromatic carbocycles. The summed E-state index contributed by atoms with van der Waals surface area (Å²) < 4.78 is 5.21. The molecule has 0 spiro atoms. The van der Waals surface area contributed by atoms with Gasteiger partial charge in [-0.05, 0) is 13.0 Å². The van der Waals surface area contributed by atoms with Gasteiger partial charge in [-0.3, -0.25) is 4.79 Å². The standard InChI is InChI=1S/C10H20N2O2/c1-3-11-6-4-10(13)12-7-5-9(8-12)14-2/h9,11H,3-8H2,1-2H3. The minimum Gasteiger partial charge on any atom is -0.380 e. The van der Waals surface area contributed by atoms with Gasteiger partial charge in [0.05, 0.1) is 6.10 Å².